The predicted molar refractivity (Wildman–Crippen MR) is 156 cm³/mol. The summed E-state index contributed by atoms with van der Waals surface area (Å²) >= 11 is 0. The van der Waals surface area contributed by atoms with Crippen LogP contribution in [0.25, 0.3) is 0 Å². The van der Waals surface area contributed by atoms with Crippen LogP contribution in [0.1, 0.15) is 85.5 Å². The zero-order valence-electron chi connectivity index (χ0n) is 23.6. The number of nitrogens with zero attached hydrogens (tertiary/aromatic N) is 1. The third-order valence-electron chi connectivity index (χ3n) is 9.33. The topological polar surface area (TPSA) is 141 Å². The van der Waals surface area contributed by atoms with Crippen molar-refractivity contribution in [1.82, 2.24) is 4.90 Å². The Kier molecular flexibility index (Phi) is 7.42. The van der Waals surface area contributed by atoms with Crippen LogP contribution in [0.5, 0.6) is 11.5 Å². The molecule has 0 heterocycles. The van der Waals surface area contributed by atoms with Crippen molar-refractivity contribution in [2.24, 2.45) is 23.2 Å². The quantitative estimate of drug-likeness (QED) is 0.248. The molecule has 7 rings (SSSR count). The van der Waals surface area contributed by atoms with Crippen LogP contribution in [0.3, 0.4) is 0 Å². The largest absolute Gasteiger partial charge is 0.478 e. The maximum Gasteiger partial charge on any atom is 0.336 e. The van der Waals surface area contributed by atoms with E-state index in [9.17, 15) is 34.5 Å². The molecule has 3 aromatic carbocycles. The molecule has 4 aliphatic rings. The Morgan fingerprint density at radius 2 is 1.14 bits per heavy atom. The van der Waals surface area contributed by atoms with Crippen molar-refractivity contribution in [2.75, 3.05) is 6.54 Å². The first-order chi connectivity index (χ1) is 20.6. The summed E-state index contributed by atoms with van der Waals surface area (Å²) in [6, 6.07) is 18.4. The van der Waals surface area contributed by atoms with E-state index in [1.807, 2.05) is 54.6 Å². The second kappa shape index (κ2) is 11.2. The van der Waals surface area contributed by atoms with Crippen molar-refractivity contribution in [3.05, 3.63) is 94.5 Å². The minimum Gasteiger partial charge on any atom is -0.478 e. The molecule has 0 saturated heterocycles. The number of amides is 1. The molecule has 222 valence electrons. The molecule has 3 N–H and O–H groups in total. The van der Waals surface area contributed by atoms with Gasteiger partial charge in [0.2, 0.25) is 0 Å². The Labute approximate surface area is 248 Å². The van der Waals surface area contributed by atoms with Crippen molar-refractivity contribution in [3.8, 4) is 11.5 Å². The smallest absolute Gasteiger partial charge is 0.336 e. The Bertz CT molecular complexity index is 1540. The van der Waals surface area contributed by atoms with Crippen molar-refractivity contribution in [3.63, 3.8) is 0 Å². The molecular weight excluding hydrogens is 550 g/mol. The molecule has 9 nitrogen and oxygen atoms in total. The van der Waals surface area contributed by atoms with Crippen LogP contribution in [-0.2, 0) is 6.54 Å². The molecule has 4 bridgehead atoms. The van der Waals surface area contributed by atoms with Gasteiger partial charge in [0.25, 0.3) is 5.91 Å². The lowest BCUT2D eigenvalue weighted by molar-refractivity contribution is -0.0661. The zero-order chi connectivity index (χ0) is 30.3. The van der Waals surface area contributed by atoms with Crippen LogP contribution >= 0.6 is 0 Å². The van der Waals surface area contributed by atoms with Gasteiger partial charge in [-0.25, -0.2) is 14.4 Å². The maximum atomic E-state index is 14.3. The van der Waals surface area contributed by atoms with E-state index in [0.717, 1.165) is 37.0 Å². The van der Waals surface area contributed by atoms with E-state index in [0.29, 0.717) is 35.8 Å². The second-order valence-electron chi connectivity index (χ2n) is 12.5. The van der Waals surface area contributed by atoms with E-state index < -0.39 is 40.5 Å². The molecule has 0 unspecified atom stereocenters. The number of ether oxygens (including phenoxy) is 1. The lowest BCUT2D eigenvalue weighted by Crippen LogP contribution is -2.52. The highest BCUT2D eigenvalue weighted by molar-refractivity contribution is 6.10. The molecule has 43 heavy (non-hydrogen) atoms. The molecule has 9 heteroatoms. The highest BCUT2D eigenvalue weighted by Crippen LogP contribution is 2.60. The second-order valence-corrected chi connectivity index (χ2v) is 12.5. The van der Waals surface area contributed by atoms with Crippen LogP contribution < -0.4 is 4.74 Å². The van der Waals surface area contributed by atoms with E-state index >= 15 is 0 Å². The van der Waals surface area contributed by atoms with Crippen LogP contribution in [0.4, 0.5) is 0 Å². The van der Waals surface area contributed by atoms with Crippen LogP contribution in [-0.4, -0.2) is 50.6 Å². The molecule has 4 aliphatic carbocycles. The fourth-order valence-corrected chi connectivity index (χ4v) is 8.07. The Morgan fingerprint density at radius 1 is 0.674 bits per heavy atom. The molecule has 4 fully saturated rings. The summed E-state index contributed by atoms with van der Waals surface area (Å²) in [5.41, 5.74) is -1.45. The Hall–Kier alpha value is -4.66. The van der Waals surface area contributed by atoms with E-state index in [4.69, 9.17) is 4.74 Å². The maximum absolute atomic E-state index is 14.3. The first kappa shape index (κ1) is 28.5. The monoisotopic (exact) mass is 583 g/mol. The van der Waals surface area contributed by atoms with Gasteiger partial charge in [-0.2, -0.15) is 0 Å². The number of carbonyl (C=O) groups excluding carboxylic acids is 1. The highest BCUT2D eigenvalue weighted by Gasteiger charge is 2.51. The fourth-order valence-electron chi connectivity index (χ4n) is 8.07. The van der Waals surface area contributed by atoms with Gasteiger partial charge in [0.15, 0.2) is 0 Å². The lowest BCUT2D eigenvalue weighted by Gasteiger charge is -2.57. The van der Waals surface area contributed by atoms with Gasteiger partial charge in [-0.3, -0.25) is 4.79 Å². The molecule has 0 aliphatic heterocycles. The number of rotatable bonds is 10. The molecule has 0 spiro atoms. The standard InChI is InChI=1S/C34H33NO8/c36-30(26-13-28(32(39)40)29(33(41)42)14-27(26)31(37)38)35(19-34-15-21-10-22(16-34)12-23(11-21)17-34)18-20-6-8-25(9-7-20)43-24-4-2-1-3-5-24/h1-9,13-14,21-23H,10-12,15-19H2,(H,37,38)(H,39,40)(H,41,42). The SMILES string of the molecule is O=C(O)c1cc(C(=O)O)c(C(=O)N(Cc2ccc(Oc3ccccc3)cc2)CC23CC4CC(CC(C4)C2)C3)cc1C(=O)O. The van der Waals surface area contributed by atoms with Crippen LogP contribution in [0.15, 0.2) is 66.7 Å². The first-order valence-electron chi connectivity index (χ1n) is 14.6. The van der Waals surface area contributed by atoms with E-state index in [-0.39, 0.29) is 17.5 Å². The van der Waals surface area contributed by atoms with Crippen molar-refractivity contribution < 1.29 is 39.2 Å². The summed E-state index contributed by atoms with van der Waals surface area (Å²) in [5, 5.41) is 29.2. The van der Waals surface area contributed by atoms with Gasteiger partial charge >= 0.3 is 17.9 Å². The van der Waals surface area contributed by atoms with Gasteiger partial charge in [0.05, 0.1) is 22.3 Å². The lowest BCUT2D eigenvalue weighted by atomic mass is 9.49. The average Bonchev–Trinajstić information content (AvgIpc) is 2.96. The zero-order valence-corrected chi connectivity index (χ0v) is 23.6. The molecule has 0 radical (unpaired) electrons. The summed E-state index contributed by atoms with van der Waals surface area (Å²) in [7, 11) is 0. The average molecular weight is 584 g/mol. The summed E-state index contributed by atoms with van der Waals surface area (Å²) < 4.78 is 5.90. The minimum atomic E-state index is -1.58. The van der Waals surface area contributed by atoms with Gasteiger partial charge < -0.3 is 25.0 Å². The number of carbonyl (C=O) groups is 4. The number of para-hydroxylation sites is 1. The number of hydrogen-bond donors (Lipinski definition) is 3. The number of benzene rings is 3. The Balaban J connectivity index is 1.35. The van der Waals surface area contributed by atoms with Gasteiger partial charge in [0.1, 0.15) is 11.5 Å². The van der Waals surface area contributed by atoms with Crippen LogP contribution in [0, 0.1) is 23.2 Å². The van der Waals surface area contributed by atoms with Gasteiger partial charge in [-0.05, 0) is 104 Å². The van der Waals surface area contributed by atoms with Crippen molar-refractivity contribution in [2.45, 2.75) is 45.1 Å². The highest BCUT2D eigenvalue weighted by atomic mass is 16.5. The number of aromatic carboxylic acids is 3. The van der Waals surface area contributed by atoms with Gasteiger partial charge in [0, 0.05) is 13.1 Å². The predicted octanol–water partition coefficient (Wildman–Crippen LogP) is 6.43. The third-order valence-corrected chi connectivity index (χ3v) is 9.33. The first-order valence-corrected chi connectivity index (χ1v) is 14.6. The van der Waals surface area contributed by atoms with Crippen LogP contribution in [0.2, 0.25) is 0 Å². The van der Waals surface area contributed by atoms with Crippen molar-refractivity contribution in [1.29, 1.82) is 0 Å². The molecule has 4 saturated carbocycles. The summed E-state index contributed by atoms with van der Waals surface area (Å²) in [4.78, 5) is 51.8. The summed E-state index contributed by atoms with van der Waals surface area (Å²) in [6.45, 7) is 0.591. The Morgan fingerprint density at radius 3 is 1.65 bits per heavy atom. The van der Waals surface area contributed by atoms with Gasteiger partial charge in [-0.1, -0.05) is 30.3 Å². The van der Waals surface area contributed by atoms with E-state index in [2.05, 4.69) is 0 Å². The number of hydrogen-bond acceptors (Lipinski definition) is 5. The normalized spacial score (nSPS) is 23.5. The minimum absolute atomic E-state index is 0.0825. The third kappa shape index (κ3) is 5.84. The van der Waals surface area contributed by atoms with Gasteiger partial charge in [-0.15, -0.1) is 0 Å². The molecule has 0 atom stereocenters. The molecule has 3 aromatic rings. The van der Waals surface area contributed by atoms with Crippen molar-refractivity contribution >= 4 is 23.8 Å². The molecule has 1 amide bonds. The van der Waals surface area contributed by atoms with E-state index in [1.54, 1.807) is 4.90 Å². The van der Waals surface area contributed by atoms with E-state index in [1.165, 1.54) is 19.3 Å². The summed E-state index contributed by atoms with van der Waals surface area (Å²) in [6.07, 6.45) is 6.69. The number of carboxylic acids is 3. The molecule has 0 aromatic heterocycles. The summed E-state index contributed by atoms with van der Waals surface area (Å²) in [5.74, 6) is -2.07. The molecular formula is C34H33NO8. The number of carboxylic acid groups (broad SMARTS) is 3. The fraction of sp³-hybridized carbons (Fsp3) is 0.353.